The molecule has 7 heteroatoms. The van der Waals surface area contributed by atoms with Crippen LogP contribution in [0.25, 0.3) is 5.65 Å². The van der Waals surface area contributed by atoms with Crippen LogP contribution in [-0.4, -0.2) is 74.2 Å². The first-order valence-electron chi connectivity index (χ1n) is 12.3. The summed E-state index contributed by atoms with van der Waals surface area (Å²) in [7, 11) is 2.08. The highest BCUT2D eigenvalue weighted by Gasteiger charge is 2.30. The van der Waals surface area contributed by atoms with Gasteiger partial charge in [-0.2, -0.15) is 0 Å². The van der Waals surface area contributed by atoms with Crippen LogP contribution in [-0.2, 0) is 13.1 Å². The molecule has 3 aromatic rings. The first-order chi connectivity index (χ1) is 16.2. The Kier molecular flexibility index (Phi) is 6.69. The number of pyridine rings is 2. The Labute approximate surface area is 196 Å². The molecule has 174 valence electrons. The van der Waals surface area contributed by atoms with Gasteiger partial charge in [-0.05, 0) is 43.7 Å². The van der Waals surface area contributed by atoms with E-state index in [1.165, 1.54) is 32.1 Å². The SMILES string of the molecule is CN(Cc1cccnc1)Cc1c(C(=O)N2CCN(C3CCCCC3)CC2)nc2ccccn12. The number of amides is 1. The molecule has 1 aliphatic carbocycles. The number of rotatable bonds is 6. The molecule has 3 aromatic heterocycles. The Morgan fingerprint density at radius 1 is 1.03 bits per heavy atom. The molecule has 0 N–H and O–H groups in total. The van der Waals surface area contributed by atoms with Gasteiger partial charge in [0.15, 0.2) is 5.69 Å². The standard InChI is InChI=1S/C26H34N6O/c1-29(19-21-8-7-12-27-18-21)20-23-25(28-24-11-5-6-13-32(23)24)26(33)31-16-14-30(15-17-31)22-9-3-2-4-10-22/h5-8,11-13,18,22H,2-4,9-10,14-17,19-20H2,1H3. The summed E-state index contributed by atoms with van der Waals surface area (Å²) in [5.41, 5.74) is 3.52. The van der Waals surface area contributed by atoms with Crippen LogP contribution in [0.5, 0.6) is 0 Å². The van der Waals surface area contributed by atoms with Gasteiger partial charge in [0, 0.05) is 63.9 Å². The molecule has 2 fully saturated rings. The lowest BCUT2D eigenvalue weighted by atomic mass is 9.94. The fraction of sp³-hybridized carbons (Fsp3) is 0.500. The Balaban J connectivity index is 1.31. The van der Waals surface area contributed by atoms with Crippen molar-refractivity contribution < 1.29 is 4.79 Å². The Morgan fingerprint density at radius 3 is 2.61 bits per heavy atom. The van der Waals surface area contributed by atoms with Gasteiger partial charge in [0.05, 0.1) is 5.69 Å². The van der Waals surface area contributed by atoms with Gasteiger partial charge in [-0.3, -0.25) is 19.6 Å². The number of aromatic nitrogens is 3. The molecule has 5 rings (SSSR count). The lowest BCUT2D eigenvalue weighted by molar-refractivity contribution is 0.0517. The summed E-state index contributed by atoms with van der Waals surface area (Å²) in [5, 5.41) is 0. The van der Waals surface area contributed by atoms with E-state index in [2.05, 4.69) is 32.3 Å². The Hall–Kier alpha value is -2.77. The van der Waals surface area contributed by atoms with Crippen molar-refractivity contribution in [1.29, 1.82) is 0 Å². The average Bonchev–Trinajstić information content (AvgIpc) is 3.23. The molecule has 1 saturated heterocycles. The Morgan fingerprint density at radius 2 is 1.85 bits per heavy atom. The number of carbonyl (C=O) groups is 1. The number of piperazine rings is 1. The van der Waals surface area contributed by atoms with Crippen LogP contribution in [0.2, 0.25) is 0 Å². The number of fused-ring (bicyclic) bond motifs is 1. The van der Waals surface area contributed by atoms with Crippen LogP contribution < -0.4 is 0 Å². The minimum Gasteiger partial charge on any atom is -0.335 e. The number of imidazole rings is 1. The number of carbonyl (C=O) groups excluding carboxylic acids is 1. The summed E-state index contributed by atoms with van der Waals surface area (Å²) < 4.78 is 2.06. The highest BCUT2D eigenvalue weighted by Crippen LogP contribution is 2.24. The van der Waals surface area contributed by atoms with E-state index in [0.29, 0.717) is 18.3 Å². The molecule has 2 aliphatic rings. The normalized spacial score (nSPS) is 18.3. The van der Waals surface area contributed by atoms with Crippen LogP contribution in [0, 0.1) is 0 Å². The number of hydrogen-bond acceptors (Lipinski definition) is 5. The molecule has 0 atom stereocenters. The van der Waals surface area contributed by atoms with Gasteiger partial charge in [-0.25, -0.2) is 4.98 Å². The quantitative estimate of drug-likeness (QED) is 0.581. The number of nitrogens with zero attached hydrogens (tertiary/aromatic N) is 6. The number of hydrogen-bond donors (Lipinski definition) is 0. The zero-order valence-corrected chi connectivity index (χ0v) is 19.6. The van der Waals surface area contributed by atoms with Crippen LogP contribution in [0.3, 0.4) is 0 Å². The van der Waals surface area contributed by atoms with Crippen molar-refractivity contribution in [2.24, 2.45) is 0 Å². The monoisotopic (exact) mass is 446 g/mol. The third-order valence-electron chi connectivity index (χ3n) is 7.12. The Bertz CT molecular complexity index is 1070. The molecule has 0 spiro atoms. The predicted molar refractivity (Wildman–Crippen MR) is 129 cm³/mol. The minimum atomic E-state index is 0.0618. The average molecular weight is 447 g/mol. The zero-order valence-electron chi connectivity index (χ0n) is 19.6. The molecule has 1 amide bonds. The first-order valence-corrected chi connectivity index (χ1v) is 12.3. The highest BCUT2D eigenvalue weighted by molar-refractivity contribution is 5.94. The molecule has 33 heavy (non-hydrogen) atoms. The second kappa shape index (κ2) is 10.0. The highest BCUT2D eigenvalue weighted by atomic mass is 16.2. The smallest absolute Gasteiger partial charge is 0.274 e. The van der Waals surface area contributed by atoms with Gasteiger partial charge >= 0.3 is 0 Å². The van der Waals surface area contributed by atoms with Gasteiger partial charge in [-0.15, -0.1) is 0 Å². The van der Waals surface area contributed by atoms with Crippen molar-refractivity contribution in [2.45, 2.75) is 51.2 Å². The molecule has 1 saturated carbocycles. The van der Waals surface area contributed by atoms with E-state index in [9.17, 15) is 4.79 Å². The first kappa shape index (κ1) is 22.0. The maximum atomic E-state index is 13.6. The van der Waals surface area contributed by atoms with Crippen molar-refractivity contribution in [3.8, 4) is 0 Å². The largest absolute Gasteiger partial charge is 0.335 e. The molecule has 0 unspecified atom stereocenters. The van der Waals surface area contributed by atoms with E-state index < -0.39 is 0 Å². The third-order valence-corrected chi connectivity index (χ3v) is 7.12. The van der Waals surface area contributed by atoms with Gasteiger partial charge < -0.3 is 9.30 Å². The van der Waals surface area contributed by atoms with Crippen LogP contribution in [0.1, 0.15) is 53.8 Å². The van der Waals surface area contributed by atoms with Gasteiger partial charge in [0.2, 0.25) is 0 Å². The van der Waals surface area contributed by atoms with E-state index in [4.69, 9.17) is 4.98 Å². The second-order valence-corrected chi connectivity index (χ2v) is 9.49. The molecule has 0 bridgehead atoms. The predicted octanol–water partition coefficient (Wildman–Crippen LogP) is 3.45. The summed E-state index contributed by atoms with van der Waals surface area (Å²) in [5.74, 6) is 0.0618. The van der Waals surface area contributed by atoms with Crippen molar-refractivity contribution in [3.63, 3.8) is 0 Å². The van der Waals surface area contributed by atoms with Gasteiger partial charge in [0.1, 0.15) is 5.65 Å². The fourth-order valence-electron chi connectivity index (χ4n) is 5.37. The molecule has 0 radical (unpaired) electrons. The summed E-state index contributed by atoms with van der Waals surface area (Å²) in [6, 6.07) is 10.7. The van der Waals surface area contributed by atoms with E-state index in [0.717, 1.165) is 49.6 Å². The van der Waals surface area contributed by atoms with E-state index in [-0.39, 0.29) is 5.91 Å². The van der Waals surface area contributed by atoms with Crippen molar-refractivity contribution in [2.75, 3.05) is 33.2 Å². The van der Waals surface area contributed by atoms with E-state index in [1.54, 1.807) is 6.20 Å². The maximum Gasteiger partial charge on any atom is 0.274 e. The second-order valence-electron chi connectivity index (χ2n) is 9.49. The molecular weight excluding hydrogens is 412 g/mol. The van der Waals surface area contributed by atoms with Crippen molar-refractivity contribution >= 4 is 11.6 Å². The van der Waals surface area contributed by atoms with Crippen molar-refractivity contribution in [1.82, 2.24) is 29.1 Å². The minimum absolute atomic E-state index is 0.0618. The van der Waals surface area contributed by atoms with Gasteiger partial charge in [0.25, 0.3) is 5.91 Å². The van der Waals surface area contributed by atoms with Crippen LogP contribution in [0.15, 0.2) is 48.9 Å². The lowest BCUT2D eigenvalue weighted by Crippen LogP contribution is -2.52. The molecule has 7 nitrogen and oxygen atoms in total. The third kappa shape index (κ3) is 4.94. The topological polar surface area (TPSA) is 57.0 Å². The lowest BCUT2D eigenvalue weighted by Gasteiger charge is -2.40. The van der Waals surface area contributed by atoms with E-state index in [1.807, 2.05) is 41.6 Å². The zero-order chi connectivity index (χ0) is 22.6. The molecule has 1 aliphatic heterocycles. The summed E-state index contributed by atoms with van der Waals surface area (Å²) >= 11 is 0. The molecular formula is C26H34N6O. The molecule has 0 aromatic carbocycles. The van der Waals surface area contributed by atoms with Crippen LogP contribution in [0.4, 0.5) is 0 Å². The summed E-state index contributed by atoms with van der Waals surface area (Å²) in [6.45, 7) is 4.92. The molecule has 4 heterocycles. The van der Waals surface area contributed by atoms with Crippen LogP contribution >= 0.6 is 0 Å². The maximum absolute atomic E-state index is 13.6. The summed E-state index contributed by atoms with van der Waals surface area (Å²) in [4.78, 5) is 29.4. The van der Waals surface area contributed by atoms with Gasteiger partial charge in [-0.1, -0.05) is 31.4 Å². The fourth-order valence-corrected chi connectivity index (χ4v) is 5.37. The van der Waals surface area contributed by atoms with Crippen molar-refractivity contribution in [3.05, 3.63) is 65.9 Å². The summed E-state index contributed by atoms with van der Waals surface area (Å²) in [6.07, 6.45) is 12.4. The van der Waals surface area contributed by atoms with E-state index >= 15 is 0 Å².